The lowest BCUT2D eigenvalue weighted by Gasteiger charge is -2.15. The number of rotatable bonds is 3. The number of hydrogen-bond donors (Lipinski definition) is 1. The Hall–Kier alpha value is -2.61. The standard InChI is InChI=1S/C18H16N2/c1-3-7-15(8-4-1)11-12-17-13-14-19-18(20-17)16-9-5-2-6-10-16/h1-13H,14H2,(H,19,20). The van der Waals surface area contributed by atoms with Gasteiger partial charge in [-0.2, -0.15) is 0 Å². The van der Waals surface area contributed by atoms with E-state index in [1.165, 1.54) is 5.56 Å². The molecule has 0 aromatic heterocycles. The van der Waals surface area contributed by atoms with Crippen molar-refractivity contribution in [2.45, 2.75) is 0 Å². The molecule has 98 valence electrons. The van der Waals surface area contributed by atoms with E-state index in [1.54, 1.807) is 0 Å². The average Bonchev–Trinajstić information content (AvgIpc) is 2.55. The van der Waals surface area contributed by atoms with Crippen LogP contribution in [0, 0.1) is 0 Å². The Bertz CT molecular complexity index is 652. The van der Waals surface area contributed by atoms with Gasteiger partial charge < -0.3 is 5.32 Å². The minimum absolute atomic E-state index is 0.714. The van der Waals surface area contributed by atoms with Crippen LogP contribution in [0.25, 0.3) is 6.08 Å². The first-order valence-corrected chi connectivity index (χ1v) is 6.72. The topological polar surface area (TPSA) is 24.4 Å². The molecule has 0 spiro atoms. The Labute approximate surface area is 119 Å². The van der Waals surface area contributed by atoms with E-state index < -0.39 is 0 Å². The highest BCUT2D eigenvalue weighted by atomic mass is 15.0. The smallest absolute Gasteiger partial charge is 0.133 e. The van der Waals surface area contributed by atoms with Crippen molar-refractivity contribution in [2.75, 3.05) is 6.54 Å². The first kappa shape index (κ1) is 12.4. The number of amidine groups is 1. The summed E-state index contributed by atoms with van der Waals surface area (Å²) < 4.78 is 0. The molecule has 20 heavy (non-hydrogen) atoms. The molecule has 2 aromatic carbocycles. The number of nitrogens with zero attached hydrogens (tertiary/aromatic N) is 1. The molecule has 0 fully saturated rings. The van der Waals surface area contributed by atoms with Gasteiger partial charge in [-0.05, 0) is 17.7 Å². The Morgan fingerprint density at radius 3 is 2.30 bits per heavy atom. The van der Waals surface area contributed by atoms with E-state index in [9.17, 15) is 0 Å². The molecule has 1 aliphatic rings. The molecule has 0 saturated heterocycles. The van der Waals surface area contributed by atoms with E-state index in [4.69, 9.17) is 0 Å². The van der Waals surface area contributed by atoms with Gasteiger partial charge in [0.2, 0.25) is 0 Å². The van der Waals surface area contributed by atoms with E-state index in [0.717, 1.165) is 17.1 Å². The van der Waals surface area contributed by atoms with Crippen LogP contribution in [0.4, 0.5) is 0 Å². The zero-order valence-electron chi connectivity index (χ0n) is 11.2. The van der Waals surface area contributed by atoms with Gasteiger partial charge in [-0.1, -0.05) is 66.7 Å². The Kier molecular flexibility index (Phi) is 3.74. The summed E-state index contributed by atoms with van der Waals surface area (Å²) in [5, 5.41) is 3.36. The van der Waals surface area contributed by atoms with Crippen LogP contribution in [0.2, 0.25) is 0 Å². The Morgan fingerprint density at radius 1 is 0.850 bits per heavy atom. The lowest BCUT2D eigenvalue weighted by molar-refractivity contribution is 1.05. The van der Waals surface area contributed by atoms with Crippen LogP contribution in [0.15, 0.2) is 83.5 Å². The third-order valence-corrected chi connectivity index (χ3v) is 3.13. The predicted molar refractivity (Wildman–Crippen MR) is 84.5 cm³/mol. The number of nitrogens with one attached hydrogen (secondary N) is 1. The van der Waals surface area contributed by atoms with E-state index in [-0.39, 0.29) is 0 Å². The number of allylic oxidation sites excluding steroid dienone is 1. The average molecular weight is 260 g/mol. The quantitative estimate of drug-likeness (QED) is 0.895. The van der Waals surface area contributed by atoms with Crippen molar-refractivity contribution in [3.63, 3.8) is 0 Å². The van der Waals surface area contributed by atoms with E-state index in [0.29, 0.717) is 6.54 Å². The molecule has 0 aliphatic carbocycles. The van der Waals surface area contributed by atoms with Crippen LogP contribution in [-0.2, 0) is 0 Å². The van der Waals surface area contributed by atoms with Gasteiger partial charge in [-0.3, -0.25) is 4.99 Å². The summed E-state index contributed by atoms with van der Waals surface area (Å²) in [5.41, 5.74) is 3.40. The minimum Gasteiger partial charge on any atom is -0.340 e. The largest absolute Gasteiger partial charge is 0.340 e. The molecule has 0 radical (unpaired) electrons. The summed E-state index contributed by atoms with van der Waals surface area (Å²) in [7, 11) is 0. The number of benzene rings is 2. The SMILES string of the molecule is C(=Cc1ccccc1)C1=CCN=C(c2ccccc2)N1. The second-order valence-corrected chi connectivity index (χ2v) is 4.58. The second-order valence-electron chi connectivity index (χ2n) is 4.58. The van der Waals surface area contributed by atoms with Gasteiger partial charge in [-0.15, -0.1) is 0 Å². The van der Waals surface area contributed by atoms with Crippen molar-refractivity contribution in [1.29, 1.82) is 0 Å². The summed E-state index contributed by atoms with van der Waals surface area (Å²) >= 11 is 0. The van der Waals surface area contributed by atoms with Gasteiger partial charge in [-0.25, -0.2) is 0 Å². The van der Waals surface area contributed by atoms with E-state index in [2.05, 4.69) is 52.8 Å². The summed E-state index contributed by atoms with van der Waals surface area (Å²) in [6.45, 7) is 0.714. The molecule has 1 heterocycles. The molecular formula is C18H16N2. The van der Waals surface area contributed by atoms with E-state index >= 15 is 0 Å². The van der Waals surface area contributed by atoms with Crippen LogP contribution in [0.1, 0.15) is 11.1 Å². The van der Waals surface area contributed by atoms with Gasteiger partial charge in [0.25, 0.3) is 0 Å². The van der Waals surface area contributed by atoms with E-state index in [1.807, 2.05) is 36.4 Å². The molecule has 0 atom stereocenters. The maximum atomic E-state index is 4.50. The van der Waals surface area contributed by atoms with Crippen LogP contribution in [-0.4, -0.2) is 12.4 Å². The molecule has 1 aliphatic heterocycles. The van der Waals surface area contributed by atoms with Crippen LogP contribution in [0.5, 0.6) is 0 Å². The molecule has 0 unspecified atom stereocenters. The fraction of sp³-hybridized carbons (Fsp3) is 0.0556. The molecule has 1 N–H and O–H groups in total. The van der Waals surface area contributed by atoms with Crippen LogP contribution >= 0.6 is 0 Å². The lowest BCUT2D eigenvalue weighted by Crippen LogP contribution is -2.26. The molecule has 2 nitrogen and oxygen atoms in total. The molecule has 0 bridgehead atoms. The maximum Gasteiger partial charge on any atom is 0.133 e. The third-order valence-electron chi connectivity index (χ3n) is 3.13. The predicted octanol–water partition coefficient (Wildman–Crippen LogP) is 3.63. The van der Waals surface area contributed by atoms with Crippen molar-refractivity contribution in [1.82, 2.24) is 5.32 Å². The van der Waals surface area contributed by atoms with Crippen LogP contribution in [0.3, 0.4) is 0 Å². The Balaban J connectivity index is 1.71. The van der Waals surface area contributed by atoms with Crippen molar-refractivity contribution in [2.24, 2.45) is 4.99 Å². The minimum atomic E-state index is 0.714. The molecule has 2 heteroatoms. The Morgan fingerprint density at radius 2 is 1.55 bits per heavy atom. The van der Waals surface area contributed by atoms with Crippen molar-refractivity contribution >= 4 is 11.9 Å². The lowest BCUT2D eigenvalue weighted by atomic mass is 10.1. The fourth-order valence-corrected chi connectivity index (χ4v) is 2.08. The first-order chi connectivity index (χ1) is 9.92. The number of hydrogen-bond acceptors (Lipinski definition) is 2. The van der Waals surface area contributed by atoms with Gasteiger partial charge in [0.05, 0.1) is 6.54 Å². The van der Waals surface area contributed by atoms with Gasteiger partial charge >= 0.3 is 0 Å². The first-order valence-electron chi connectivity index (χ1n) is 6.72. The second kappa shape index (κ2) is 6.02. The summed E-state index contributed by atoms with van der Waals surface area (Å²) in [6, 6.07) is 20.5. The van der Waals surface area contributed by atoms with Gasteiger partial charge in [0.15, 0.2) is 0 Å². The van der Waals surface area contributed by atoms with Crippen molar-refractivity contribution in [3.8, 4) is 0 Å². The maximum absolute atomic E-state index is 4.50. The molecular weight excluding hydrogens is 244 g/mol. The van der Waals surface area contributed by atoms with Crippen molar-refractivity contribution in [3.05, 3.63) is 89.6 Å². The summed E-state index contributed by atoms with van der Waals surface area (Å²) in [4.78, 5) is 4.50. The van der Waals surface area contributed by atoms with Crippen LogP contribution < -0.4 is 5.32 Å². The zero-order valence-corrected chi connectivity index (χ0v) is 11.2. The third kappa shape index (κ3) is 3.04. The highest BCUT2D eigenvalue weighted by molar-refractivity contribution is 6.00. The molecule has 0 amide bonds. The summed E-state index contributed by atoms with van der Waals surface area (Å²) in [5.74, 6) is 0.931. The molecule has 3 rings (SSSR count). The highest BCUT2D eigenvalue weighted by Gasteiger charge is 2.06. The highest BCUT2D eigenvalue weighted by Crippen LogP contribution is 2.09. The fourth-order valence-electron chi connectivity index (χ4n) is 2.08. The van der Waals surface area contributed by atoms with Gasteiger partial charge in [0.1, 0.15) is 5.84 Å². The van der Waals surface area contributed by atoms with Crippen molar-refractivity contribution < 1.29 is 0 Å². The number of aliphatic imine (C=N–C) groups is 1. The molecule has 0 saturated carbocycles. The summed E-state index contributed by atoms with van der Waals surface area (Å²) in [6.07, 6.45) is 6.28. The normalized spacial score (nSPS) is 14.6. The monoisotopic (exact) mass is 260 g/mol. The van der Waals surface area contributed by atoms with Gasteiger partial charge in [0, 0.05) is 11.3 Å². The zero-order chi connectivity index (χ0) is 13.6. The molecule has 2 aromatic rings.